The maximum Gasteiger partial charge on any atom is 0.328 e. The molecule has 0 aliphatic rings. The SMILES string of the molecule is COc1ccc(C=CC(=O)O)c(CSc2ncn[nH]2)c1. The predicted octanol–water partition coefficient (Wildman–Crippen LogP) is 2.20. The van der Waals surface area contributed by atoms with Gasteiger partial charge in [-0.2, -0.15) is 5.10 Å². The molecule has 0 saturated heterocycles. The molecular weight excluding hydrogens is 278 g/mol. The average Bonchev–Trinajstić information content (AvgIpc) is 2.96. The van der Waals surface area contributed by atoms with Crippen LogP contribution in [0.15, 0.2) is 35.8 Å². The Bertz CT molecular complexity index is 611. The van der Waals surface area contributed by atoms with Crippen LogP contribution in [0.1, 0.15) is 11.1 Å². The van der Waals surface area contributed by atoms with Crippen LogP contribution < -0.4 is 4.74 Å². The van der Waals surface area contributed by atoms with E-state index in [9.17, 15) is 4.79 Å². The summed E-state index contributed by atoms with van der Waals surface area (Å²) in [7, 11) is 1.59. The summed E-state index contributed by atoms with van der Waals surface area (Å²) in [6.45, 7) is 0. The van der Waals surface area contributed by atoms with Crippen LogP contribution in [-0.4, -0.2) is 33.4 Å². The molecule has 1 aromatic carbocycles. The molecule has 0 aliphatic carbocycles. The number of H-pyrrole nitrogens is 1. The number of aromatic amines is 1. The number of ether oxygens (including phenoxy) is 1. The fraction of sp³-hybridized carbons (Fsp3) is 0.154. The molecule has 0 amide bonds. The molecule has 2 rings (SSSR count). The molecule has 2 N–H and O–H groups in total. The molecule has 1 heterocycles. The summed E-state index contributed by atoms with van der Waals surface area (Å²) < 4.78 is 5.19. The van der Waals surface area contributed by atoms with Crippen molar-refractivity contribution in [3.8, 4) is 5.75 Å². The quantitative estimate of drug-likeness (QED) is 0.626. The number of hydrogen-bond donors (Lipinski definition) is 2. The minimum absolute atomic E-state index is 0.631. The Morgan fingerprint density at radius 1 is 1.55 bits per heavy atom. The van der Waals surface area contributed by atoms with Gasteiger partial charge in [-0.15, -0.1) is 0 Å². The van der Waals surface area contributed by atoms with Crippen molar-refractivity contribution in [3.05, 3.63) is 41.7 Å². The highest BCUT2D eigenvalue weighted by Crippen LogP contribution is 2.25. The number of thioether (sulfide) groups is 1. The van der Waals surface area contributed by atoms with Gasteiger partial charge >= 0.3 is 5.97 Å². The summed E-state index contributed by atoms with van der Waals surface area (Å²) in [5.74, 6) is 0.381. The van der Waals surface area contributed by atoms with Crippen LogP contribution in [0, 0.1) is 0 Å². The zero-order chi connectivity index (χ0) is 14.4. The number of aliphatic carboxylic acids is 1. The molecule has 0 bridgehead atoms. The number of hydrogen-bond acceptors (Lipinski definition) is 5. The molecule has 0 saturated carbocycles. The van der Waals surface area contributed by atoms with E-state index in [0.29, 0.717) is 10.9 Å². The second-order valence-corrected chi connectivity index (χ2v) is 4.78. The van der Waals surface area contributed by atoms with Gasteiger partial charge in [-0.3, -0.25) is 5.10 Å². The van der Waals surface area contributed by atoms with Crippen LogP contribution >= 0.6 is 11.8 Å². The number of carboxylic acid groups (broad SMARTS) is 1. The van der Waals surface area contributed by atoms with Gasteiger partial charge < -0.3 is 9.84 Å². The molecule has 7 heteroatoms. The van der Waals surface area contributed by atoms with Crippen molar-refractivity contribution < 1.29 is 14.6 Å². The third kappa shape index (κ3) is 3.86. The van der Waals surface area contributed by atoms with Crippen LogP contribution in [-0.2, 0) is 10.5 Å². The Morgan fingerprint density at radius 2 is 2.40 bits per heavy atom. The van der Waals surface area contributed by atoms with E-state index in [-0.39, 0.29) is 0 Å². The molecular formula is C13H13N3O3S. The van der Waals surface area contributed by atoms with E-state index < -0.39 is 5.97 Å². The highest BCUT2D eigenvalue weighted by Gasteiger charge is 2.05. The maximum atomic E-state index is 10.6. The van der Waals surface area contributed by atoms with Crippen molar-refractivity contribution in [2.45, 2.75) is 10.9 Å². The Labute approximate surface area is 119 Å². The number of benzene rings is 1. The highest BCUT2D eigenvalue weighted by molar-refractivity contribution is 7.98. The van der Waals surface area contributed by atoms with Crippen LogP contribution in [0.2, 0.25) is 0 Å². The van der Waals surface area contributed by atoms with E-state index in [1.54, 1.807) is 19.3 Å². The first-order chi connectivity index (χ1) is 9.69. The first-order valence-corrected chi connectivity index (χ1v) is 6.73. The first-order valence-electron chi connectivity index (χ1n) is 5.75. The zero-order valence-corrected chi connectivity index (χ0v) is 11.6. The van der Waals surface area contributed by atoms with Crippen LogP contribution in [0.25, 0.3) is 6.08 Å². The molecule has 0 fully saturated rings. The van der Waals surface area contributed by atoms with Gasteiger partial charge in [0.15, 0.2) is 5.16 Å². The Morgan fingerprint density at radius 3 is 3.05 bits per heavy atom. The standard InChI is InChI=1S/C13H13N3O3S/c1-19-11-4-2-9(3-5-12(17)18)10(6-11)7-20-13-14-8-15-16-13/h2-6,8H,7H2,1H3,(H,17,18)(H,14,15,16). The third-order valence-corrected chi connectivity index (χ3v) is 3.44. The van der Waals surface area contributed by atoms with Gasteiger partial charge in [-0.1, -0.05) is 17.8 Å². The summed E-state index contributed by atoms with van der Waals surface area (Å²) >= 11 is 1.48. The van der Waals surface area contributed by atoms with Gasteiger partial charge in [0.2, 0.25) is 0 Å². The molecule has 6 nitrogen and oxygen atoms in total. The summed E-state index contributed by atoms with van der Waals surface area (Å²) in [6, 6.07) is 5.50. The van der Waals surface area contributed by atoms with E-state index in [4.69, 9.17) is 9.84 Å². The Balaban J connectivity index is 2.20. The molecule has 0 unspecified atom stereocenters. The largest absolute Gasteiger partial charge is 0.497 e. The van der Waals surface area contributed by atoms with Crippen molar-refractivity contribution in [1.82, 2.24) is 15.2 Å². The predicted molar refractivity (Wildman–Crippen MR) is 75.6 cm³/mol. The molecule has 104 valence electrons. The smallest absolute Gasteiger partial charge is 0.328 e. The summed E-state index contributed by atoms with van der Waals surface area (Å²) in [4.78, 5) is 14.6. The van der Waals surface area contributed by atoms with Crippen LogP contribution in [0.3, 0.4) is 0 Å². The molecule has 2 aromatic rings. The van der Waals surface area contributed by atoms with E-state index in [2.05, 4.69) is 15.2 Å². The normalized spacial score (nSPS) is 10.8. The minimum atomic E-state index is -0.977. The minimum Gasteiger partial charge on any atom is -0.497 e. The van der Waals surface area contributed by atoms with E-state index in [0.717, 1.165) is 23.0 Å². The second kappa shape index (κ2) is 6.76. The van der Waals surface area contributed by atoms with Gasteiger partial charge in [0.05, 0.1) is 7.11 Å². The Kier molecular flexibility index (Phi) is 4.78. The maximum absolute atomic E-state index is 10.6. The summed E-state index contributed by atoms with van der Waals surface area (Å²) in [5.41, 5.74) is 1.79. The topological polar surface area (TPSA) is 88.1 Å². The van der Waals surface area contributed by atoms with Crippen molar-refractivity contribution in [2.24, 2.45) is 0 Å². The van der Waals surface area contributed by atoms with Crippen LogP contribution in [0.5, 0.6) is 5.75 Å². The monoisotopic (exact) mass is 291 g/mol. The Hall–Kier alpha value is -2.28. The average molecular weight is 291 g/mol. The van der Waals surface area contributed by atoms with Crippen molar-refractivity contribution >= 4 is 23.8 Å². The van der Waals surface area contributed by atoms with E-state index in [1.807, 2.05) is 12.1 Å². The zero-order valence-electron chi connectivity index (χ0n) is 10.7. The van der Waals surface area contributed by atoms with Gasteiger partial charge in [-0.05, 0) is 29.3 Å². The molecule has 0 radical (unpaired) electrons. The lowest BCUT2D eigenvalue weighted by atomic mass is 10.1. The van der Waals surface area contributed by atoms with E-state index >= 15 is 0 Å². The van der Waals surface area contributed by atoms with Gasteiger partial charge in [0, 0.05) is 11.8 Å². The van der Waals surface area contributed by atoms with Gasteiger partial charge in [-0.25, -0.2) is 9.78 Å². The fourth-order valence-corrected chi connectivity index (χ4v) is 2.35. The third-order valence-electron chi connectivity index (χ3n) is 2.51. The number of nitrogens with one attached hydrogen (secondary N) is 1. The molecule has 0 atom stereocenters. The first kappa shape index (κ1) is 14.1. The lowest BCUT2D eigenvalue weighted by molar-refractivity contribution is -0.131. The number of carboxylic acids is 1. The van der Waals surface area contributed by atoms with Gasteiger partial charge in [0.1, 0.15) is 12.1 Å². The number of carbonyl (C=O) groups is 1. The van der Waals surface area contributed by atoms with Crippen molar-refractivity contribution in [2.75, 3.05) is 7.11 Å². The van der Waals surface area contributed by atoms with E-state index in [1.165, 1.54) is 18.1 Å². The fourth-order valence-electron chi connectivity index (χ4n) is 1.57. The molecule has 0 spiro atoms. The van der Waals surface area contributed by atoms with Crippen molar-refractivity contribution in [3.63, 3.8) is 0 Å². The number of nitrogens with zero attached hydrogens (tertiary/aromatic N) is 2. The number of aromatic nitrogens is 3. The van der Waals surface area contributed by atoms with Gasteiger partial charge in [0.25, 0.3) is 0 Å². The molecule has 1 aromatic heterocycles. The number of rotatable bonds is 6. The lowest BCUT2D eigenvalue weighted by Crippen LogP contribution is -1.92. The molecule has 0 aliphatic heterocycles. The molecule has 20 heavy (non-hydrogen) atoms. The number of methoxy groups -OCH3 is 1. The summed E-state index contributed by atoms with van der Waals surface area (Å²) in [5, 5.41) is 16.0. The van der Waals surface area contributed by atoms with Crippen molar-refractivity contribution in [1.29, 1.82) is 0 Å². The highest BCUT2D eigenvalue weighted by atomic mass is 32.2. The second-order valence-electron chi connectivity index (χ2n) is 3.82. The lowest BCUT2D eigenvalue weighted by Gasteiger charge is -2.07. The summed E-state index contributed by atoms with van der Waals surface area (Å²) in [6.07, 6.45) is 4.13. The van der Waals surface area contributed by atoms with Crippen LogP contribution in [0.4, 0.5) is 0 Å².